The second kappa shape index (κ2) is 9.60. The van der Waals surface area contributed by atoms with Crippen molar-refractivity contribution in [2.24, 2.45) is 0 Å². The highest BCUT2D eigenvalue weighted by Crippen LogP contribution is 2.24. The number of sulfone groups is 1. The first kappa shape index (κ1) is 22.9. The summed E-state index contributed by atoms with van der Waals surface area (Å²) < 4.78 is 44.7. The van der Waals surface area contributed by atoms with Crippen molar-refractivity contribution in [1.82, 2.24) is 5.32 Å². The fourth-order valence-corrected chi connectivity index (χ4v) is 5.28. The predicted molar refractivity (Wildman–Crippen MR) is 114 cm³/mol. The highest BCUT2D eigenvalue weighted by atomic mass is 32.2. The summed E-state index contributed by atoms with van der Waals surface area (Å²) in [7, 11) is -4.05. The van der Waals surface area contributed by atoms with E-state index < -0.39 is 38.9 Å². The average molecular weight is 448 g/mol. The van der Waals surface area contributed by atoms with Crippen molar-refractivity contribution in [1.29, 1.82) is 0 Å². The number of hydrogen-bond donors (Lipinski definition) is 1. The van der Waals surface area contributed by atoms with E-state index in [1.54, 1.807) is 18.2 Å². The molecular formula is C23H26FNO5S. The Bertz CT molecular complexity index is 1020. The first-order valence-electron chi connectivity index (χ1n) is 10.3. The molecule has 3 rings (SSSR count). The van der Waals surface area contributed by atoms with E-state index in [1.165, 1.54) is 19.1 Å². The fraction of sp³-hybridized carbons (Fsp3) is 0.391. The maximum atomic E-state index is 13.2. The van der Waals surface area contributed by atoms with Gasteiger partial charge in [0.2, 0.25) is 5.60 Å². The molecule has 0 bridgehead atoms. The molecule has 1 aliphatic rings. The van der Waals surface area contributed by atoms with Crippen LogP contribution in [0.15, 0.2) is 59.5 Å². The quantitative estimate of drug-likeness (QED) is 0.517. The van der Waals surface area contributed by atoms with E-state index in [0.717, 1.165) is 56.4 Å². The molecule has 8 heteroatoms. The average Bonchev–Trinajstić information content (AvgIpc) is 2.75. The Morgan fingerprint density at radius 3 is 2.26 bits per heavy atom. The summed E-state index contributed by atoms with van der Waals surface area (Å²) in [5.74, 6) is -2.79. The standard InChI is InChI=1S/C23H26FNO5S/c1-23(22(27)25-19-10-6-3-7-11-19,30-21(26)17-8-4-2-5-9-17)16-31(28,29)20-14-12-18(24)13-15-20/h2,4-5,8-9,12-15,19H,3,6-7,10-11,16H2,1H3,(H,25,27). The third kappa shape index (κ3) is 5.91. The van der Waals surface area contributed by atoms with Crippen molar-refractivity contribution < 1.29 is 27.1 Å². The third-order valence-electron chi connectivity index (χ3n) is 5.39. The molecule has 0 radical (unpaired) electrons. The second-order valence-corrected chi connectivity index (χ2v) is 10.00. The number of ether oxygens (including phenoxy) is 1. The van der Waals surface area contributed by atoms with Crippen molar-refractivity contribution in [3.05, 3.63) is 66.0 Å². The van der Waals surface area contributed by atoms with Crippen molar-refractivity contribution >= 4 is 21.7 Å². The molecule has 0 spiro atoms. The number of halogens is 1. The van der Waals surface area contributed by atoms with Crippen LogP contribution in [0, 0.1) is 5.82 Å². The number of rotatable bonds is 7. The molecule has 6 nitrogen and oxygen atoms in total. The Morgan fingerprint density at radius 2 is 1.65 bits per heavy atom. The van der Waals surface area contributed by atoms with Gasteiger partial charge in [0.1, 0.15) is 11.6 Å². The number of carbonyl (C=O) groups excluding carboxylic acids is 2. The molecule has 0 aromatic heterocycles. The zero-order chi connectivity index (χ0) is 22.5. The topological polar surface area (TPSA) is 89.5 Å². The van der Waals surface area contributed by atoms with Crippen molar-refractivity contribution in [3.63, 3.8) is 0 Å². The lowest BCUT2D eigenvalue weighted by atomic mass is 9.94. The van der Waals surface area contributed by atoms with Crippen LogP contribution in [0.1, 0.15) is 49.4 Å². The van der Waals surface area contributed by atoms with Crippen LogP contribution >= 0.6 is 0 Å². The monoisotopic (exact) mass is 447 g/mol. The van der Waals surface area contributed by atoms with Gasteiger partial charge in [-0.1, -0.05) is 37.5 Å². The van der Waals surface area contributed by atoms with Crippen LogP contribution in [-0.4, -0.2) is 37.7 Å². The molecular weight excluding hydrogens is 421 g/mol. The molecule has 1 atom stereocenters. The molecule has 31 heavy (non-hydrogen) atoms. The Kier molecular flexibility index (Phi) is 7.10. The van der Waals surface area contributed by atoms with Crippen LogP contribution < -0.4 is 5.32 Å². The van der Waals surface area contributed by atoms with E-state index in [-0.39, 0.29) is 16.5 Å². The highest BCUT2D eigenvalue weighted by molar-refractivity contribution is 7.91. The SMILES string of the molecule is CC(CS(=O)(=O)c1ccc(F)cc1)(OC(=O)c1ccccc1)C(=O)NC1CCCCC1. The summed E-state index contributed by atoms with van der Waals surface area (Å²) in [5, 5.41) is 2.86. The molecule has 0 aliphatic heterocycles. The minimum atomic E-state index is -4.05. The lowest BCUT2D eigenvalue weighted by Crippen LogP contribution is -2.54. The van der Waals surface area contributed by atoms with Crippen LogP contribution in [0.3, 0.4) is 0 Å². The maximum absolute atomic E-state index is 13.2. The molecule has 0 saturated heterocycles. The number of hydrogen-bond acceptors (Lipinski definition) is 5. The smallest absolute Gasteiger partial charge is 0.339 e. The summed E-state index contributed by atoms with van der Waals surface area (Å²) in [6, 6.07) is 12.3. The van der Waals surface area contributed by atoms with Crippen molar-refractivity contribution in [2.75, 3.05) is 5.75 Å². The molecule has 166 valence electrons. The van der Waals surface area contributed by atoms with Gasteiger partial charge in [0.25, 0.3) is 5.91 Å². The van der Waals surface area contributed by atoms with Crippen LogP contribution in [-0.2, 0) is 19.4 Å². The largest absolute Gasteiger partial charge is 0.445 e. The van der Waals surface area contributed by atoms with Gasteiger partial charge in [-0.05, 0) is 56.2 Å². The Balaban J connectivity index is 1.87. The fourth-order valence-electron chi connectivity index (χ4n) is 3.65. The molecule has 1 saturated carbocycles. The number of benzene rings is 2. The second-order valence-electron chi connectivity index (χ2n) is 8.01. The van der Waals surface area contributed by atoms with E-state index in [4.69, 9.17) is 4.74 Å². The lowest BCUT2D eigenvalue weighted by Gasteiger charge is -2.31. The molecule has 1 N–H and O–H groups in total. The van der Waals surface area contributed by atoms with E-state index in [1.807, 2.05) is 0 Å². The molecule has 0 heterocycles. The Morgan fingerprint density at radius 1 is 1.03 bits per heavy atom. The van der Waals surface area contributed by atoms with Gasteiger partial charge >= 0.3 is 5.97 Å². The van der Waals surface area contributed by atoms with Gasteiger partial charge in [0.05, 0.1) is 10.5 Å². The van der Waals surface area contributed by atoms with Gasteiger partial charge in [-0.15, -0.1) is 0 Å². The lowest BCUT2D eigenvalue weighted by molar-refractivity contribution is -0.138. The van der Waals surface area contributed by atoms with Crippen LogP contribution in [0.4, 0.5) is 4.39 Å². The van der Waals surface area contributed by atoms with Gasteiger partial charge in [-0.2, -0.15) is 0 Å². The van der Waals surface area contributed by atoms with Gasteiger partial charge in [0, 0.05) is 6.04 Å². The zero-order valence-electron chi connectivity index (χ0n) is 17.3. The maximum Gasteiger partial charge on any atom is 0.339 e. The summed E-state index contributed by atoms with van der Waals surface area (Å²) in [6.07, 6.45) is 4.61. The minimum absolute atomic E-state index is 0.0930. The summed E-state index contributed by atoms with van der Waals surface area (Å²) in [6.45, 7) is 1.30. The predicted octanol–water partition coefficient (Wildman–Crippen LogP) is 3.66. The highest BCUT2D eigenvalue weighted by Gasteiger charge is 2.43. The van der Waals surface area contributed by atoms with E-state index >= 15 is 0 Å². The first-order chi connectivity index (χ1) is 14.7. The molecule has 1 unspecified atom stereocenters. The van der Waals surface area contributed by atoms with E-state index in [9.17, 15) is 22.4 Å². The number of amides is 1. The Hall–Kier alpha value is -2.74. The zero-order valence-corrected chi connectivity index (χ0v) is 18.2. The summed E-state index contributed by atoms with van der Waals surface area (Å²) in [5.41, 5.74) is -1.75. The minimum Gasteiger partial charge on any atom is -0.445 e. The van der Waals surface area contributed by atoms with Gasteiger partial charge < -0.3 is 10.1 Å². The third-order valence-corrected chi connectivity index (χ3v) is 7.31. The van der Waals surface area contributed by atoms with Crippen LogP contribution in [0.25, 0.3) is 0 Å². The van der Waals surface area contributed by atoms with E-state index in [2.05, 4.69) is 5.32 Å². The van der Waals surface area contributed by atoms with Gasteiger partial charge in [0.15, 0.2) is 9.84 Å². The number of nitrogens with one attached hydrogen (secondary N) is 1. The van der Waals surface area contributed by atoms with Crippen molar-refractivity contribution in [3.8, 4) is 0 Å². The van der Waals surface area contributed by atoms with E-state index in [0.29, 0.717) is 0 Å². The van der Waals surface area contributed by atoms with Crippen LogP contribution in [0.2, 0.25) is 0 Å². The van der Waals surface area contributed by atoms with Crippen molar-refractivity contribution in [2.45, 2.75) is 55.6 Å². The Labute approximate surface area is 181 Å². The van der Waals surface area contributed by atoms with Gasteiger partial charge in [-0.3, -0.25) is 4.79 Å². The normalized spacial score (nSPS) is 16.8. The summed E-state index contributed by atoms with van der Waals surface area (Å²) in [4.78, 5) is 25.7. The molecule has 1 aliphatic carbocycles. The molecule has 1 fully saturated rings. The first-order valence-corrected chi connectivity index (χ1v) is 11.9. The summed E-state index contributed by atoms with van der Waals surface area (Å²) >= 11 is 0. The molecule has 2 aromatic rings. The number of esters is 1. The molecule has 2 aromatic carbocycles. The molecule has 1 amide bonds. The van der Waals surface area contributed by atoms with Gasteiger partial charge in [-0.25, -0.2) is 17.6 Å². The van der Waals surface area contributed by atoms with Crippen LogP contribution in [0.5, 0.6) is 0 Å². The number of carbonyl (C=O) groups is 2.